The molecule has 0 heterocycles. The first-order valence-electron chi connectivity index (χ1n) is 6.41. The molecule has 0 saturated carbocycles. The molecule has 0 aliphatic carbocycles. The van der Waals surface area contributed by atoms with E-state index in [0.29, 0.717) is 0 Å². The Kier molecular flexibility index (Phi) is 4.30. The molecule has 0 aliphatic heterocycles. The Morgan fingerprint density at radius 2 is 1.32 bits per heavy atom. The number of phenols is 5. The van der Waals surface area contributed by atoms with Crippen LogP contribution in [0.2, 0.25) is 0 Å². The van der Waals surface area contributed by atoms with Gasteiger partial charge in [-0.1, -0.05) is 6.07 Å². The van der Waals surface area contributed by atoms with Gasteiger partial charge in [-0.25, -0.2) is 0 Å². The molecule has 2 atom stereocenters. The second-order valence-electron chi connectivity index (χ2n) is 4.93. The van der Waals surface area contributed by atoms with Gasteiger partial charge in [0.25, 0.3) is 0 Å². The van der Waals surface area contributed by atoms with Crippen LogP contribution < -0.4 is 0 Å². The Bertz CT molecular complexity index is 661. The molecule has 2 aromatic rings. The first-order chi connectivity index (χ1) is 10.3. The number of benzene rings is 2. The molecule has 0 saturated heterocycles. The van der Waals surface area contributed by atoms with Crippen molar-refractivity contribution in [2.24, 2.45) is 0 Å². The summed E-state index contributed by atoms with van der Waals surface area (Å²) in [5.74, 6) is -1.98. The van der Waals surface area contributed by atoms with E-state index in [9.17, 15) is 35.7 Å². The Labute approximate surface area is 125 Å². The van der Waals surface area contributed by atoms with Gasteiger partial charge in [0.2, 0.25) is 0 Å². The lowest BCUT2D eigenvalue weighted by Gasteiger charge is -2.19. The van der Waals surface area contributed by atoms with Gasteiger partial charge in [-0.05, 0) is 17.7 Å². The molecule has 2 rings (SSSR count). The summed E-state index contributed by atoms with van der Waals surface area (Å²) in [7, 11) is 0. The highest BCUT2D eigenvalue weighted by atomic mass is 16.3. The highest BCUT2D eigenvalue weighted by Crippen LogP contribution is 2.35. The van der Waals surface area contributed by atoms with Crippen LogP contribution in [0.15, 0.2) is 30.3 Å². The Morgan fingerprint density at radius 3 is 1.86 bits per heavy atom. The van der Waals surface area contributed by atoms with Crippen molar-refractivity contribution in [3.05, 3.63) is 41.5 Å². The van der Waals surface area contributed by atoms with Crippen molar-refractivity contribution in [1.29, 1.82) is 0 Å². The Balaban J connectivity index is 2.21. The minimum Gasteiger partial charge on any atom is -0.508 e. The monoisotopic (exact) mass is 308 g/mol. The van der Waals surface area contributed by atoms with E-state index in [0.717, 1.165) is 24.3 Å². The minimum absolute atomic E-state index is 0.0349. The van der Waals surface area contributed by atoms with Crippen LogP contribution in [0.1, 0.15) is 17.2 Å². The molecule has 7 heteroatoms. The average Bonchev–Trinajstić information content (AvgIpc) is 2.44. The predicted molar refractivity (Wildman–Crippen MR) is 75.9 cm³/mol. The van der Waals surface area contributed by atoms with Crippen LogP contribution in [-0.4, -0.2) is 41.8 Å². The molecule has 2 unspecified atom stereocenters. The summed E-state index contributed by atoms with van der Waals surface area (Å²) in [6.45, 7) is 0. The first kappa shape index (κ1) is 15.7. The van der Waals surface area contributed by atoms with Crippen molar-refractivity contribution in [3.8, 4) is 28.7 Å². The summed E-state index contributed by atoms with van der Waals surface area (Å²) in [4.78, 5) is 0. The lowest BCUT2D eigenvalue weighted by Crippen LogP contribution is -2.21. The van der Waals surface area contributed by atoms with Gasteiger partial charge in [-0.2, -0.15) is 0 Å². The van der Waals surface area contributed by atoms with Gasteiger partial charge in [-0.15, -0.1) is 0 Å². The standard InChI is InChI=1S/C15H16O7/c16-8-4-11(18)9(12(19)5-8)6-14(21)15(22)7-1-2-10(17)13(20)3-7/h1-5,14-22H,6H2. The maximum absolute atomic E-state index is 10.0. The third-order valence-electron chi connectivity index (χ3n) is 3.31. The predicted octanol–water partition coefficient (Wildman–Crippen LogP) is 0.852. The maximum atomic E-state index is 10.0. The highest BCUT2D eigenvalue weighted by molar-refractivity contribution is 5.49. The van der Waals surface area contributed by atoms with E-state index in [1.54, 1.807) is 0 Å². The van der Waals surface area contributed by atoms with E-state index in [-0.39, 0.29) is 29.0 Å². The normalized spacial score (nSPS) is 13.7. The fourth-order valence-electron chi connectivity index (χ4n) is 2.10. The van der Waals surface area contributed by atoms with Gasteiger partial charge >= 0.3 is 0 Å². The van der Waals surface area contributed by atoms with Gasteiger partial charge in [-0.3, -0.25) is 0 Å². The quantitative estimate of drug-likeness (QED) is 0.415. The number of aromatic hydroxyl groups is 5. The Morgan fingerprint density at radius 1 is 0.727 bits per heavy atom. The molecule has 0 aliphatic rings. The van der Waals surface area contributed by atoms with E-state index in [2.05, 4.69) is 0 Å². The zero-order valence-electron chi connectivity index (χ0n) is 11.4. The van der Waals surface area contributed by atoms with E-state index in [1.807, 2.05) is 0 Å². The topological polar surface area (TPSA) is 142 Å². The zero-order valence-corrected chi connectivity index (χ0v) is 11.4. The number of aliphatic hydroxyl groups excluding tert-OH is 2. The fraction of sp³-hybridized carbons (Fsp3) is 0.200. The van der Waals surface area contributed by atoms with Crippen molar-refractivity contribution in [1.82, 2.24) is 0 Å². The molecular weight excluding hydrogens is 292 g/mol. The highest BCUT2D eigenvalue weighted by Gasteiger charge is 2.23. The SMILES string of the molecule is Oc1cc(O)c(CC(O)C(O)c2ccc(O)c(O)c2)c(O)c1. The first-order valence-corrected chi connectivity index (χ1v) is 6.41. The van der Waals surface area contributed by atoms with E-state index < -0.39 is 29.5 Å². The molecule has 0 fully saturated rings. The zero-order chi connectivity index (χ0) is 16.4. The van der Waals surface area contributed by atoms with Crippen LogP contribution in [0.4, 0.5) is 0 Å². The molecule has 0 radical (unpaired) electrons. The fourth-order valence-corrected chi connectivity index (χ4v) is 2.10. The summed E-state index contributed by atoms with van der Waals surface area (Å²) in [5.41, 5.74) is 0.118. The second kappa shape index (κ2) is 6.00. The lowest BCUT2D eigenvalue weighted by atomic mass is 9.97. The maximum Gasteiger partial charge on any atom is 0.157 e. The smallest absolute Gasteiger partial charge is 0.157 e. The van der Waals surface area contributed by atoms with Crippen molar-refractivity contribution >= 4 is 0 Å². The average molecular weight is 308 g/mol. The van der Waals surface area contributed by atoms with Crippen molar-refractivity contribution < 1.29 is 35.7 Å². The second-order valence-corrected chi connectivity index (χ2v) is 4.93. The number of hydrogen-bond acceptors (Lipinski definition) is 7. The van der Waals surface area contributed by atoms with Crippen LogP contribution in [0.5, 0.6) is 28.7 Å². The molecule has 22 heavy (non-hydrogen) atoms. The van der Waals surface area contributed by atoms with Crippen molar-refractivity contribution in [2.45, 2.75) is 18.6 Å². The van der Waals surface area contributed by atoms with E-state index >= 15 is 0 Å². The third-order valence-corrected chi connectivity index (χ3v) is 3.31. The summed E-state index contributed by atoms with van der Waals surface area (Å²) in [6, 6.07) is 5.58. The molecular formula is C15H16O7. The van der Waals surface area contributed by atoms with Gasteiger partial charge in [0.15, 0.2) is 11.5 Å². The molecule has 0 spiro atoms. The molecule has 7 nitrogen and oxygen atoms in total. The summed E-state index contributed by atoms with van der Waals surface area (Å²) >= 11 is 0. The Hall–Kier alpha value is -2.64. The third kappa shape index (κ3) is 3.16. The number of rotatable bonds is 4. The van der Waals surface area contributed by atoms with Crippen molar-refractivity contribution in [2.75, 3.05) is 0 Å². The van der Waals surface area contributed by atoms with Gasteiger partial charge in [0, 0.05) is 24.1 Å². The summed E-state index contributed by atoms with van der Waals surface area (Å²) in [5, 5.41) is 67.2. The summed E-state index contributed by atoms with van der Waals surface area (Å²) in [6.07, 6.45) is -3.11. The molecule has 2 aromatic carbocycles. The van der Waals surface area contributed by atoms with Crippen LogP contribution in [0, 0.1) is 0 Å². The lowest BCUT2D eigenvalue weighted by molar-refractivity contribution is 0.0182. The van der Waals surface area contributed by atoms with Crippen molar-refractivity contribution in [3.63, 3.8) is 0 Å². The summed E-state index contributed by atoms with van der Waals surface area (Å²) < 4.78 is 0. The minimum atomic E-state index is -1.42. The molecule has 0 aromatic heterocycles. The molecule has 0 bridgehead atoms. The molecule has 118 valence electrons. The largest absolute Gasteiger partial charge is 0.508 e. The van der Waals surface area contributed by atoms with Crippen LogP contribution in [-0.2, 0) is 6.42 Å². The van der Waals surface area contributed by atoms with Gasteiger partial charge in [0.1, 0.15) is 23.4 Å². The molecule has 0 amide bonds. The number of phenolic OH excluding ortho intramolecular Hbond substituents is 5. The number of hydrogen-bond donors (Lipinski definition) is 7. The van der Waals surface area contributed by atoms with Gasteiger partial charge in [0.05, 0.1) is 6.10 Å². The van der Waals surface area contributed by atoms with Crippen LogP contribution in [0.25, 0.3) is 0 Å². The van der Waals surface area contributed by atoms with Crippen LogP contribution >= 0.6 is 0 Å². The molecule has 7 N–H and O–H groups in total. The van der Waals surface area contributed by atoms with Gasteiger partial charge < -0.3 is 35.7 Å². The number of aliphatic hydroxyl groups is 2. The van der Waals surface area contributed by atoms with E-state index in [1.165, 1.54) is 6.07 Å². The van der Waals surface area contributed by atoms with Crippen LogP contribution in [0.3, 0.4) is 0 Å². The van der Waals surface area contributed by atoms with E-state index in [4.69, 9.17) is 0 Å².